The van der Waals surface area contributed by atoms with Crippen molar-refractivity contribution in [3.05, 3.63) is 58.2 Å². The van der Waals surface area contributed by atoms with Crippen molar-refractivity contribution in [1.29, 1.82) is 0 Å². The average Bonchev–Trinajstić information content (AvgIpc) is 2.38. The summed E-state index contributed by atoms with van der Waals surface area (Å²) in [5.41, 5.74) is 4.61. The summed E-state index contributed by atoms with van der Waals surface area (Å²) in [6.45, 7) is 5.60. The molecule has 0 radical (unpaired) electrons. The fraction of sp³-hybridized carbons (Fsp3) is 0.312. The fourth-order valence-corrected chi connectivity index (χ4v) is 2.22. The first-order valence-corrected chi connectivity index (χ1v) is 6.55. The summed E-state index contributed by atoms with van der Waals surface area (Å²) < 4.78 is 0. The van der Waals surface area contributed by atoms with Crippen LogP contribution in [0.25, 0.3) is 0 Å². The molecule has 1 unspecified atom stereocenters. The molecule has 4 nitrogen and oxygen atoms in total. The van der Waals surface area contributed by atoms with Gasteiger partial charge in [-0.2, -0.15) is 0 Å². The molecule has 0 fully saturated rings. The summed E-state index contributed by atoms with van der Waals surface area (Å²) in [6, 6.07) is 7.29. The molecule has 2 rings (SSSR count). The van der Waals surface area contributed by atoms with Crippen LogP contribution in [0.4, 0.5) is 0 Å². The molecule has 1 N–H and O–H groups in total. The number of aldehydes is 1. The molecule has 0 aromatic carbocycles. The van der Waals surface area contributed by atoms with Crippen molar-refractivity contribution in [2.75, 3.05) is 0 Å². The van der Waals surface area contributed by atoms with Crippen molar-refractivity contribution in [2.45, 2.75) is 33.3 Å². The largest absolute Gasteiger partial charge is 0.388 e. The van der Waals surface area contributed by atoms with Crippen molar-refractivity contribution in [3.8, 4) is 0 Å². The van der Waals surface area contributed by atoms with Gasteiger partial charge in [0, 0.05) is 40.3 Å². The molecular weight excluding hydrogens is 252 g/mol. The fourth-order valence-electron chi connectivity index (χ4n) is 2.22. The van der Waals surface area contributed by atoms with E-state index in [4.69, 9.17) is 0 Å². The molecule has 20 heavy (non-hydrogen) atoms. The van der Waals surface area contributed by atoms with E-state index in [1.54, 1.807) is 19.1 Å². The van der Waals surface area contributed by atoms with E-state index in [1.807, 2.05) is 26.0 Å². The third kappa shape index (κ3) is 3.08. The second kappa shape index (κ2) is 5.92. The molecule has 2 aromatic rings. The second-order valence-corrected chi connectivity index (χ2v) is 4.94. The van der Waals surface area contributed by atoms with Gasteiger partial charge in [0.05, 0.1) is 6.10 Å². The van der Waals surface area contributed by atoms with Gasteiger partial charge in [0.1, 0.15) is 0 Å². The molecule has 0 saturated carbocycles. The number of rotatable bonds is 4. The van der Waals surface area contributed by atoms with Gasteiger partial charge in [-0.3, -0.25) is 14.8 Å². The highest BCUT2D eigenvalue weighted by Gasteiger charge is 2.13. The monoisotopic (exact) mass is 270 g/mol. The van der Waals surface area contributed by atoms with Crippen molar-refractivity contribution in [2.24, 2.45) is 0 Å². The Labute approximate surface area is 118 Å². The lowest BCUT2D eigenvalue weighted by atomic mass is 10.0. The first-order chi connectivity index (χ1) is 9.51. The minimum atomic E-state index is -0.642. The Hall–Kier alpha value is -2.07. The molecule has 0 aliphatic rings. The number of aryl methyl sites for hydroxylation is 3. The smallest absolute Gasteiger partial charge is 0.151 e. The Bertz CT molecular complexity index is 638. The third-order valence-corrected chi connectivity index (χ3v) is 3.34. The minimum absolute atomic E-state index is 0.408. The van der Waals surface area contributed by atoms with Crippen LogP contribution in [0.5, 0.6) is 0 Å². The zero-order chi connectivity index (χ0) is 14.7. The van der Waals surface area contributed by atoms with E-state index in [1.165, 1.54) is 0 Å². The maximum atomic E-state index is 10.8. The summed E-state index contributed by atoms with van der Waals surface area (Å²) in [4.78, 5) is 19.5. The normalized spacial score (nSPS) is 12.2. The van der Waals surface area contributed by atoms with Gasteiger partial charge in [0.25, 0.3) is 0 Å². The van der Waals surface area contributed by atoms with Gasteiger partial charge >= 0.3 is 0 Å². The van der Waals surface area contributed by atoms with Crippen LogP contribution < -0.4 is 0 Å². The van der Waals surface area contributed by atoms with E-state index >= 15 is 0 Å². The molecule has 0 aliphatic carbocycles. The van der Waals surface area contributed by atoms with Gasteiger partial charge in [-0.05, 0) is 39.0 Å². The Balaban J connectivity index is 2.20. The van der Waals surface area contributed by atoms with Crippen LogP contribution >= 0.6 is 0 Å². The number of aromatic nitrogens is 2. The summed E-state index contributed by atoms with van der Waals surface area (Å²) in [6.07, 6.45) is 0.555. The summed E-state index contributed by atoms with van der Waals surface area (Å²) >= 11 is 0. The van der Waals surface area contributed by atoms with Crippen molar-refractivity contribution < 1.29 is 9.90 Å². The number of hydrogen-bond donors (Lipinski definition) is 1. The third-order valence-electron chi connectivity index (χ3n) is 3.34. The molecular formula is C16H18N2O2. The molecule has 0 spiro atoms. The van der Waals surface area contributed by atoms with Crippen molar-refractivity contribution in [1.82, 2.24) is 9.97 Å². The van der Waals surface area contributed by atoms with Crippen LogP contribution in [-0.2, 0) is 6.42 Å². The van der Waals surface area contributed by atoms with Crippen LogP contribution in [0, 0.1) is 20.8 Å². The highest BCUT2D eigenvalue weighted by atomic mass is 16.3. The first-order valence-electron chi connectivity index (χ1n) is 6.55. The van der Waals surface area contributed by atoms with Gasteiger partial charge in [0.2, 0.25) is 0 Å². The predicted octanol–water partition coefficient (Wildman–Crippen LogP) is 2.49. The summed E-state index contributed by atoms with van der Waals surface area (Å²) in [7, 11) is 0. The van der Waals surface area contributed by atoms with Crippen LogP contribution in [-0.4, -0.2) is 21.4 Å². The Morgan fingerprint density at radius 2 is 1.85 bits per heavy atom. The lowest BCUT2D eigenvalue weighted by Gasteiger charge is -2.13. The molecule has 0 bridgehead atoms. The van der Waals surface area contributed by atoms with Crippen LogP contribution in [0.15, 0.2) is 24.3 Å². The van der Waals surface area contributed by atoms with Crippen LogP contribution in [0.2, 0.25) is 0 Å². The van der Waals surface area contributed by atoms with E-state index < -0.39 is 6.10 Å². The van der Waals surface area contributed by atoms with Crippen LogP contribution in [0.3, 0.4) is 0 Å². The first kappa shape index (κ1) is 14.3. The number of aliphatic hydroxyl groups is 1. The van der Waals surface area contributed by atoms with E-state index in [0.29, 0.717) is 17.7 Å². The van der Waals surface area contributed by atoms with Gasteiger partial charge in [-0.15, -0.1) is 0 Å². The topological polar surface area (TPSA) is 63.1 Å². The molecule has 0 aliphatic heterocycles. The molecule has 2 heterocycles. The zero-order valence-corrected chi connectivity index (χ0v) is 11.9. The van der Waals surface area contributed by atoms with E-state index in [2.05, 4.69) is 9.97 Å². The lowest BCUT2D eigenvalue weighted by molar-refractivity contribution is 0.112. The molecule has 0 amide bonds. The molecule has 104 valence electrons. The van der Waals surface area contributed by atoms with Gasteiger partial charge in [0.15, 0.2) is 6.29 Å². The van der Waals surface area contributed by atoms with E-state index in [0.717, 1.165) is 28.9 Å². The predicted molar refractivity (Wildman–Crippen MR) is 76.7 cm³/mol. The average molecular weight is 270 g/mol. The Morgan fingerprint density at radius 1 is 1.10 bits per heavy atom. The Kier molecular flexibility index (Phi) is 4.25. The minimum Gasteiger partial charge on any atom is -0.388 e. The zero-order valence-electron chi connectivity index (χ0n) is 11.9. The number of aliphatic hydroxyl groups excluding tert-OH is 1. The maximum absolute atomic E-state index is 10.8. The molecule has 1 atom stereocenters. The van der Waals surface area contributed by atoms with Crippen molar-refractivity contribution >= 4 is 6.29 Å². The summed E-state index contributed by atoms with van der Waals surface area (Å²) in [5.74, 6) is 0. The van der Waals surface area contributed by atoms with E-state index in [-0.39, 0.29) is 0 Å². The second-order valence-electron chi connectivity index (χ2n) is 4.94. The molecule has 2 aromatic heterocycles. The highest BCUT2D eigenvalue weighted by Crippen LogP contribution is 2.20. The lowest BCUT2D eigenvalue weighted by Crippen LogP contribution is -2.07. The number of carbonyl (C=O) groups excluding carboxylic acids is 1. The standard InChI is InChI=1S/C16H18N2O2/c1-10-4-7-15(12(3)17-10)16(20)8-14-6-5-13(9-19)11(2)18-14/h4-7,9,16,20H,8H2,1-3H3. The Morgan fingerprint density at radius 3 is 2.45 bits per heavy atom. The summed E-state index contributed by atoms with van der Waals surface area (Å²) in [5, 5.41) is 10.3. The van der Waals surface area contributed by atoms with Crippen LogP contribution in [0.1, 0.15) is 44.8 Å². The number of hydrogen-bond acceptors (Lipinski definition) is 4. The van der Waals surface area contributed by atoms with Gasteiger partial charge in [-0.25, -0.2) is 0 Å². The highest BCUT2D eigenvalue weighted by molar-refractivity contribution is 5.76. The number of nitrogens with zero attached hydrogens (tertiary/aromatic N) is 2. The quantitative estimate of drug-likeness (QED) is 0.867. The van der Waals surface area contributed by atoms with Crippen molar-refractivity contribution in [3.63, 3.8) is 0 Å². The molecule has 0 saturated heterocycles. The number of carbonyl (C=O) groups is 1. The van der Waals surface area contributed by atoms with Gasteiger partial charge < -0.3 is 5.11 Å². The van der Waals surface area contributed by atoms with Gasteiger partial charge in [-0.1, -0.05) is 6.07 Å². The van der Waals surface area contributed by atoms with E-state index in [9.17, 15) is 9.90 Å². The molecule has 4 heteroatoms. The maximum Gasteiger partial charge on any atom is 0.151 e. The number of pyridine rings is 2. The SMILES string of the molecule is Cc1ccc(C(O)Cc2ccc(C=O)c(C)n2)c(C)n1.